The Morgan fingerprint density at radius 2 is 2.15 bits per heavy atom. The number of aliphatic carboxylic acids is 1. The number of nitrogens with zero attached hydrogens (tertiary/aromatic N) is 3. The van der Waals surface area contributed by atoms with Crippen molar-refractivity contribution < 1.29 is 9.90 Å². The molecule has 0 radical (unpaired) electrons. The van der Waals surface area contributed by atoms with Crippen molar-refractivity contribution in [1.82, 2.24) is 9.36 Å². The summed E-state index contributed by atoms with van der Waals surface area (Å²) in [4.78, 5) is 18.2. The highest BCUT2D eigenvalue weighted by molar-refractivity contribution is 7.09. The van der Waals surface area contributed by atoms with Crippen LogP contribution in [0.4, 0.5) is 5.13 Å². The van der Waals surface area contributed by atoms with E-state index in [0.717, 1.165) is 30.2 Å². The van der Waals surface area contributed by atoms with Crippen LogP contribution in [0.2, 0.25) is 0 Å². The summed E-state index contributed by atoms with van der Waals surface area (Å²) in [6, 6.07) is -0.0751. The highest BCUT2D eigenvalue weighted by atomic mass is 32.1. The summed E-state index contributed by atoms with van der Waals surface area (Å²) in [5.41, 5.74) is 0. The van der Waals surface area contributed by atoms with Gasteiger partial charge < -0.3 is 10.0 Å². The first kappa shape index (κ1) is 13.8. The first-order valence-electron chi connectivity index (χ1n) is 7.42. The van der Waals surface area contributed by atoms with E-state index in [1.165, 1.54) is 24.4 Å². The molecule has 110 valence electrons. The monoisotopic (exact) mass is 295 g/mol. The Hall–Kier alpha value is -1.17. The lowest BCUT2D eigenvalue weighted by molar-refractivity contribution is -0.138. The van der Waals surface area contributed by atoms with Crippen LogP contribution in [0.15, 0.2) is 0 Å². The van der Waals surface area contributed by atoms with E-state index in [1.54, 1.807) is 0 Å². The van der Waals surface area contributed by atoms with Crippen LogP contribution in [0, 0.1) is 5.92 Å². The van der Waals surface area contributed by atoms with E-state index in [9.17, 15) is 9.90 Å². The summed E-state index contributed by atoms with van der Waals surface area (Å²) in [5, 5.41) is 10.3. The van der Waals surface area contributed by atoms with Gasteiger partial charge in [0.2, 0.25) is 5.13 Å². The molecule has 2 aliphatic rings. The van der Waals surface area contributed by atoms with Crippen molar-refractivity contribution in [3.05, 3.63) is 5.82 Å². The van der Waals surface area contributed by atoms with Crippen molar-refractivity contribution in [2.24, 2.45) is 5.92 Å². The van der Waals surface area contributed by atoms with E-state index in [1.807, 2.05) is 0 Å². The average Bonchev–Trinajstić information content (AvgIpc) is 3.02. The number of carboxylic acids is 1. The van der Waals surface area contributed by atoms with Crippen LogP contribution in [0.1, 0.15) is 57.7 Å². The third-order valence-electron chi connectivity index (χ3n) is 4.54. The second kappa shape index (κ2) is 5.31. The van der Waals surface area contributed by atoms with Crippen LogP contribution >= 0.6 is 11.5 Å². The molecular formula is C14H21N3O2S. The molecule has 20 heavy (non-hydrogen) atoms. The van der Waals surface area contributed by atoms with Crippen LogP contribution in [-0.2, 0) is 4.79 Å². The van der Waals surface area contributed by atoms with Crippen molar-refractivity contribution in [3.63, 3.8) is 0 Å². The summed E-state index contributed by atoms with van der Waals surface area (Å²) >= 11 is 1.35. The largest absolute Gasteiger partial charge is 0.480 e. The Morgan fingerprint density at radius 1 is 1.40 bits per heavy atom. The van der Waals surface area contributed by atoms with E-state index < -0.39 is 12.0 Å². The lowest BCUT2D eigenvalue weighted by atomic mass is 9.85. The molecule has 2 fully saturated rings. The van der Waals surface area contributed by atoms with Gasteiger partial charge in [-0.25, -0.2) is 9.78 Å². The fourth-order valence-corrected chi connectivity index (χ4v) is 4.44. The van der Waals surface area contributed by atoms with Crippen LogP contribution in [0.3, 0.4) is 0 Å². The molecule has 1 aromatic rings. The maximum absolute atomic E-state index is 11.6. The highest BCUT2D eigenvalue weighted by Gasteiger charge is 2.46. The number of aromatic nitrogens is 2. The van der Waals surface area contributed by atoms with Crippen molar-refractivity contribution in [2.75, 3.05) is 4.90 Å². The van der Waals surface area contributed by atoms with Crippen LogP contribution in [0.25, 0.3) is 0 Å². The number of hydrogen-bond acceptors (Lipinski definition) is 5. The molecule has 3 rings (SSSR count). The second-order valence-electron chi connectivity index (χ2n) is 6.20. The molecule has 2 heterocycles. The predicted octanol–water partition coefficient (Wildman–Crippen LogP) is 2.88. The summed E-state index contributed by atoms with van der Waals surface area (Å²) in [6.45, 7) is 4.13. The number of carbonyl (C=O) groups is 1. The average molecular weight is 295 g/mol. The van der Waals surface area contributed by atoms with Gasteiger partial charge in [-0.15, -0.1) is 0 Å². The summed E-state index contributed by atoms with van der Waals surface area (Å²) in [5.74, 6) is 0.901. The number of hydrogen-bond donors (Lipinski definition) is 1. The van der Waals surface area contributed by atoms with Crippen molar-refractivity contribution in [3.8, 4) is 0 Å². The van der Waals surface area contributed by atoms with Crippen molar-refractivity contribution in [1.29, 1.82) is 0 Å². The molecule has 1 aromatic heterocycles. The molecule has 1 N–H and O–H groups in total. The normalized spacial score (nSPS) is 29.8. The maximum atomic E-state index is 11.6. The van der Waals surface area contributed by atoms with Crippen molar-refractivity contribution >= 4 is 22.6 Å². The van der Waals surface area contributed by atoms with Crippen LogP contribution < -0.4 is 4.90 Å². The number of carboxylic acid groups (broad SMARTS) is 1. The van der Waals surface area contributed by atoms with Crippen LogP contribution in [-0.4, -0.2) is 32.5 Å². The molecule has 0 amide bonds. The second-order valence-corrected chi connectivity index (χ2v) is 6.93. The Labute approximate surface area is 123 Å². The number of rotatable bonds is 3. The summed E-state index contributed by atoms with van der Waals surface area (Å²) in [7, 11) is 0. The Kier molecular flexibility index (Phi) is 3.67. The minimum absolute atomic E-state index is 0.285. The molecule has 0 spiro atoms. The van der Waals surface area contributed by atoms with E-state index in [2.05, 4.69) is 28.1 Å². The molecule has 1 aliphatic heterocycles. The standard InChI is InChI=1S/C14H21N3O2S/c1-8(2)12-15-14(20-16-12)17-10-6-4-3-5-9(10)7-11(17)13(18)19/h8-11H,3-7H2,1-2H3,(H,18,19). The molecule has 0 bridgehead atoms. The smallest absolute Gasteiger partial charge is 0.326 e. The fraction of sp³-hybridized carbons (Fsp3) is 0.786. The molecular weight excluding hydrogens is 274 g/mol. The molecule has 3 unspecified atom stereocenters. The van der Waals surface area contributed by atoms with Crippen LogP contribution in [0.5, 0.6) is 0 Å². The molecule has 5 nitrogen and oxygen atoms in total. The minimum Gasteiger partial charge on any atom is -0.480 e. The molecule has 1 aliphatic carbocycles. The number of fused-ring (bicyclic) bond motifs is 1. The fourth-order valence-electron chi connectivity index (χ4n) is 3.52. The Balaban J connectivity index is 1.91. The van der Waals surface area contributed by atoms with Gasteiger partial charge in [0, 0.05) is 23.5 Å². The first-order valence-corrected chi connectivity index (χ1v) is 8.20. The van der Waals surface area contributed by atoms with Gasteiger partial charge in [0.1, 0.15) is 11.9 Å². The topological polar surface area (TPSA) is 66.3 Å². The molecule has 1 saturated heterocycles. The third-order valence-corrected chi connectivity index (χ3v) is 5.29. The minimum atomic E-state index is -0.722. The van der Waals surface area contributed by atoms with E-state index in [-0.39, 0.29) is 5.92 Å². The zero-order valence-corrected chi connectivity index (χ0v) is 12.8. The van der Waals surface area contributed by atoms with Gasteiger partial charge in [-0.2, -0.15) is 4.37 Å². The molecule has 3 atom stereocenters. The highest BCUT2D eigenvalue weighted by Crippen LogP contribution is 2.43. The van der Waals surface area contributed by atoms with E-state index in [0.29, 0.717) is 12.0 Å². The lowest BCUT2D eigenvalue weighted by Crippen LogP contribution is -2.42. The quantitative estimate of drug-likeness (QED) is 0.928. The zero-order chi connectivity index (χ0) is 14.3. The number of anilines is 1. The lowest BCUT2D eigenvalue weighted by Gasteiger charge is -2.32. The van der Waals surface area contributed by atoms with Gasteiger partial charge in [-0.1, -0.05) is 26.7 Å². The summed E-state index contributed by atoms with van der Waals surface area (Å²) < 4.78 is 4.39. The van der Waals surface area contributed by atoms with E-state index >= 15 is 0 Å². The van der Waals surface area contributed by atoms with Gasteiger partial charge in [-0.3, -0.25) is 0 Å². The molecule has 6 heteroatoms. The van der Waals surface area contributed by atoms with Gasteiger partial charge >= 0.3 is 5.97 Å². The van der Waals surface area contributed by atoms with Gasteiger partial charge in [0.05, 0.1) is 0 Å². The molecule has 1 saturated carbocycles. The Bertz CT molecular complexity index is 502. The van der Waals surface area contributed by atoms with E-state index in [4.69, 9.17) is 0 Å². The van der Waals surface area contributed by atoms with Gasteiger partial charge in [0.25, 0.3) is 0 Å². The van der Waals surface area contributed by atoms with Gasteiger partial charge in [-0.05, 0) is 25.2 Å². The maximum Gasteiger partial charge on any atom is 0.326 e. The summed E-state index contributed by atoms with van der Waals surface area (Å²) in [6.07, 6.45) is 5.43. The zero-order valence-electron chi connectivity index (χ0n) is 12.0. The first-order chi connectivity index (χ1) is 9.58. The Morgan fingerprint density at radius 3 is 2.80 bits per heavy atom. The van der Waals surface area contributed by atoms with Crippen molar-refractivity contribution in [2.45, 2.75) is 64.0 Å². The predicted molar refractivity (Wildman–Crippen MR) is 78.3 cm³/mol. The third kappa shape index (κ3) is 2.30. The molecule has 0 aromatic carbocycles. The SMILES string of the molecule is CC(C)c1nsc(N2C(C(=O)O)CC3CCCCC32)n1. The van der Waals surface area contributed by atoms with Gasteiger partial charge in [0.15, 0.2) is 0 Å².